The summed E-state index contributed by atoms with van der Waals surface area (Å²) in [5, 5.41) is 1.87. The molecule has 0 bridgehead atoms. The molecule has 0 aliphatic heterocycles. The summed E-state index contributed by atoms with van der Waals surface area (Å²) < 4.78 is 16.7. The molecular formula is C22H22N2O4. The number of methoxy groups -OCH3 is 2. The van der Waals surface area contributed by atoms with Crippen LogP contribution in [0.15, 0.2) is 52.9 Å². The van der Waals surface area contributed by atoms with Crippen LogP contribution in [0.25, 0.3) is 21.9 Å². The first-order valence-electron chi connectivity index (χ1n) is 9.02. The highest BCUT2D eigenvalue weighted by atomic mass is 16.5. The Kier molecular flexibility index (Phi) is 4.47. The van der Waals surface area contributed by atoms with Crippen molar-refractivity contribution in [3.8, 4) is 11.5 Å². The molecule has 0 spiro atoms. The minimum atomic E-state index is -0.220. The predicted octanol–water partition coefficient (Wildman–Crippen LogP) is 4.76. The molecule has 0 aliphatic rings. The lowest BCUT2D eigenvalue weighted by molar-refractivity contribution is 0.0722. The molecule has 6 nitrogen and oxygen atoms in total. The zero-order valence-electron chi connectivity index (χ0n) is 16.3. The topological polar surface area (TPSA) is 67.7 Å². The molecule has 0 saturated carbocycles. The molecule has 2 aromatic carbocycles. The predicted molar refractivity (Wildman–Crippen MR) is 108 cm³/mol. The van der Waals surface area contributed by atoms with Crippen molar-refractivity contribution in [1.29, 1.82) is 0 Å². The first-order valence-corrected chi connectivity index (χ1v) is 9.02. The van der Waals surface area contributed by atoms with Gasteiger partial charge in [0, 0.05) is 23.9 Å². The maximum Gasteiger partial charge on any atom is 0.270 e. The number of aromatic nitrogens is 1. The van der Waals surface area contributed by atoms with Gasteiger partial charge in [0.05, 0.1) is 25.8 Å². The average Bonchev–Trinajstić information content (AvgIpc) is 3.35. The number of H-pyrrole nitrogens is 1. The third-order valence-electron chi connectivity index (χ3n) is 5.11. The lowest BCUT2D eigenvalue weighted by Gasteiger charge is -2.22. The van der Waals surface area contributed by atoms with Crippen molar-refractivity contribution in [3.63, 3.8) is 0 Å². The summed E-state index contributed by atoms with van der Waals surface area (Å²) in [5.74, 6) is 1.91. The quantitative estimate of drug-likeness (QED) is 0.543. The number of carbonyl (C=O) groups excluding carboxylic acids is 1. The smallest absolute Gasteiger partial charge is 0.270 e. The minimum Gasteiger partial charge on any atom is -0.497 e. The summed E-state index contributed by atoms with van der Waals surface area (Å²) in [7, 11) is 4.96. The molecule has 0 unspecified atom stereocenters. The number of amides is 1. The zero-order chi connectivity index (χ0) is 19.8. The fraction of sp³-hybridized carbons (Fsp3) is 0.227. The first kappa shape index (κ1) is 18.0. The second-order valence-electron chi connectivity index (χ2n) is 6.76. The van der Waals surface area contributed by atoms with Crippen molar-refractivity contribution < 1.29 is 18.7 Å². The van der Waals surface area contributed by atoms with E-state index in [1.54, 1.807) is 32.2 Å². The Morgan fingerprint density at radius 1 is 1.07 bits per heavy atom. The highest BCUT2D eigenvalue weighted by molar-refractivity contribution is 6.00. The second kappa shape index (κ2) is 6.96. The van der Waals surface area contributed by atoms with Gasteiger partial charge in [0.1, 0.15) is 28.5 Å². The van der Waals surface area contributed by atoms with Crippen LogP contribution < -0.4 is 9.47 Å². The van der Waals surface area contributed by atoms with Gasteiger partial charge in [-0.1, -0.05) is 18.2 Å². The van der Waals surface area contributed by atoms with E-state index < -0.39 is 0 Å². The van der Waals surface area contributed by atoms with E-state index in [1.165, 1.54) is 0 Å². The van der Waals surface area contributed by atoms with Crippen LogP contribution in [0.4, 0.5) is 0 Å². The first-order chi connectivity index (χ1) is 13.5. The SMILES string of the molecule is COc1cc(OC)c2[nH]c(C(=O)N(C)[C@H](C)c3cc4ccccc4o3)cc2c1. The Hall–Kier alpha value is -3.41. The monoisotopic (exact) mass is 378 g/mol. The molecule has 4 rings (SSSR count). The van der Waals surface area contributed by atoms with Crippen LogP contribution in [0.3, 0.4) is 0 Å². The standard InChI is InChI=1S/C22H22N2O4/c1-13(19-11-14-7-5-6-8-18(14)28-19)24(2)22(25)17-10-15-9-16(26-3)12-20(27-4)21(15)23-17/h5-13,23H,1-4H3/t13-/m1/s1. The van der Waals surface area contributed by atoms with E-state index in [0.29, 0.717) is 17.2 Å². The van der Waals surface area contributed by atoms with Crippen LogP contribution in [0.2, 0.25) is 0 Å². The number of ether oxygens (including phenoxy) is 2. The number of para-hydroxylation sites is 1. The Morgan fingerprint density at radius 3 is 2.57 bits per heavy atom. The van der Waals surface area contributed by atoms with Crippen LogP contribution in [-0.2, 0) is 0 Å². The Balaban J connectivity index is 1.66. The number of nitrogens with zero attached hydrogens (tertiary/aromatic N) is 1. The number of carbonyl (C=O) groups is 1. The van der Waals surface area contributed by atoms with E-state index in [9.17, 15) is 4.79 Å². The van der Waals surface area contributed by atoms with E-state index >= 15 is 0 Å². The average molecular weight is 378 g/mol. The molecular weight excluding hydrogens is 356 g/mol. The molecule has 1 N–H and O–H groups in total. The highest BCUT2D eigenvalue weighted by Gasteiger charge is 2.24. The van der Waals surface area contributed by atoms with Crippen molar-refractivity contribution >= 4 is 27.8 Å². The van der Waals surface area contributed by atoms with Crippen LogP contribution in [0.1, 0.15) is 29.2 Å². The normalized spacial score (nSPS) is 12.3. The van der Waals surface area contributed by atoms with Crippen molar-refractivity contribution in [3.05, 3.63) is 60.0 Å². The molecule has 0 fully saturated rings. The number of benzene rings is 2. The Bertz CT molecular complexity index is 1120. The van der Waals surface area contributed by atoms with Gasteiger partial charge in [-0.2, -0.15) is 0 Å². The van der Waals surface area contributed by atoms with Gasteiger partial charge in [-0.3, -0.25) is 4.79 Å². The van der Waals surface area contributed by atoms with Crippen molar-refractivity contribution in [1.82, 2.24) is 9.88 Å². The summed E-state index contributed by atoms with van der Waals surface area (Å²) in [6.45, 7) is 1.95. The number of nitrogens with one attached hydrogen (secondary N) is 1. The zero-order valence-corrected chi connectivity index (χ0v) is 16.3. The molecule has 1 atom stereocenters. The number of aromatic amines is 1. The molecule has 2 heterocycles. The molecule has 4 aromatic rings. The summed E-state index contributed by atoms with van der Waals surface area (Å²) in [4.78, 5) is 17.9. The van der Waals surface area contributed by atoms with E-state index in [2.05, 4.69) is 4.98 Å². The summed E-state index contributed by atoms with van der Waals surface area (Å²) >= 11 is 0. The van der Waals surface area contributed by atoms with Gasteiger partial charge in [-0.25, -0.2) is 0 Å². The highest BCUT2D eigenvalue weighted by Crippen LogP contribution is 2.32. The summed E-state index contributed by atoms with van der Waals surface area (Å²) in [5.41, 5.74) is 2.05. The third-order valence-corrected chi connectivity index (χ3v) is 5.11. The molecule has 1 amide bonds. The molecule has 6 heteroatoms. The van der Waals surface area contributed by atoms with Crippen LogP contribution in [-0.4, -0.2) is 37.1 Å². The lowest BCUT2D eigenvalue weighted by atomic mass is 10.2. The molecule has 0 aliphatic carbocycles. The van der Waals surface area contributed by atoms with Gasteiger partial charge in [-0.15, -0.1) is 0 Å². The number of rotatable bonds is 5. The molecule has 144 valence electrons. The minimum absolute atomic E-state index is 0.134. The van der Waals surface area contributed by atoms with Gasteiger partial charge in [0.15, 0.2) is 0 Å². The maximum absolute atomic E-state index is 13.1. The van der Waals surface area contributed by atoms with Gasteiger partial charge < -0.3 is 23.8 Å². The lowest BCUT2D eigenvalue weighted by Crippen LogP contribution is -2.29. The van der Waals surface area contributed by atoms with Crippen LogP contribution >= 0.6 is 0 Å². The van der Waals surface area contributed by atoms with Gasteiger partial charge in [0.2, 0.25) is 0 Å². The Labute approximate surface area is 162 Å². The van der Waals surface area contributed by atoms with E-state index in [-0.39, 0.29) is 11.9 Å². The van der Waals surface area contributed by atoms with Gasteiger partial charge in [-0.05, 0) is 31.2 Å². The fourth-order valence-electron chi connectivity index (χ4n) is 3.34. The number of fused-ring (bicyclic) bond motifs is 2. The molecule has 0 saturated heterocycles. The van der Waals surface area contributed by atoms with E-state index in [0.717, 1.165) is 27.6 Å². The van der Waals surface area contributed by atoms with Gasteiger partial charge >= 0.3 is 0 Å². The largest absolute Gasteiger partial charge is 0.497 e. The van der Waals surface area contributed by atoms with Crippen molar-refractivity contribution in [2.45, 2.75) is 13.0 Å². The van der Waals surface area contributed by atoms with E-state index in [1.807, 2.05) is 49.4 Å². The summed E-state index contributed by atoms with van der Waals surface area (Å²) in [6.07, 6.45) is 0. The van der Waals surface area contributed by atoms with Crippen molar-refractivity contribution in [2.24, 2.45) is 0 Å². The number of hydrogen-bond donors (Lipinski definition) is 1. The number of hydrogen-bond acceptors (Lipinski definition) is 4. The van der Waals surface area contributed by atoms with Crippen LogP contribution in [0.5, 0.6) is 11.5 Å². The van der Waals surface area contributed by atoms with Crippen LogP contribution in [0, 0.1) is 0 Å². The number of furan rings is 1. The maximum atomic E-state index is 13.1. The third kappa shape index (κ3) is 2.97. The Morgan fingerprint density at radius 2 is 1.86 bits per heavy atom. The fourth-order valence-corrected chi connectivity index (χ4v) is 3.34. The second-order valence-corrected chi connectivity index (χ2v) is 6.76. The van der Waals surface area contributed by atoms with Gasteiger partial charge in [0.25, 0.3) is 5.91 Å². The van der Waals surface area contributed by atoms with E-state index in [4.69, 9.17) is 13.9 Å². The molecule has 2 aromatic heterocycles. The molecule has 28 heavy (non-hydrogen) atoms. The molecule has 0 radical (unpaired) electrons. The summed E-state index contributed by atoms with van der Waals surface area (Å²) in [6, 6.07) is 15.0. The van der Waals surface area contributed by atoms with Crippen molar-refractivity contribution in [2.75, 3.05) is 21.3 Å².